The summed E-state index contributed by atoms with van der Waals surface area (Å²) in [4.78, 5) is 14.9. The van der Waals surface area contributed by atoms with Gasteiger partial charge in [0.2, 0.25) is 0 Å². The Labute approximate surface area is 114 Å². The van der Waals surface area contributed by atoms with Crippen molar-refractivity contribution < 1.29 is 24.5 Å². The molecule has 20 heavy (non-hydrogen) atoms. The molecule has 116 valence electrons. The van der Waals surface area contributed by atoms with Gasteiger partial charge in [0.25, 0.3) is 5.92 Å². The molecule has 0 bridgehead atoms. The minimum absolute atomic E-state index is 0. The molecule has 0 aliphatic carbocycles. The van der Waals surface area contributed by atoms with Crippen molar-refractivity contribution in [3.05, 3.63) is 22.7 Å². The summed E-state index contributed by atoms with van der Waals surface area (Å²) in [5, 5.41) is 18.4. The monoisotopic (exact) mass is 295 g/mol. The van der Waals surface area contributed by atoms with Gasteiger partial charge >= 0.3 is 5.69 Å². The number of anilines is 1. The lowest BCUT2D eigenvalue weighted by atomic mass is 9.95. The van der Waals surface area contributed by atoms with Crippen molar-refractivity contribution in [2.24, 2.45) is 5.92 Å². The number of alkyl halides is 2. The summed E-state index contributed by atoms with van der Waals surface area (Å²) in [6, 6.07) is -0.396. The number of halogens is 2. The lowest BCUT2D eigenvalue weighted by Crippen LogP contribution is -2.47. The van der Waals surface area contributed by atoms with Crippen LogP contribution in [0.25, 0.3) is 0 Å². The molecule has 1 rings (SSSR count). The maximum atomic E-state index is 14.0. The van der Waals surface area contributed by atoms with E-state index in [-0.39, 0.29) is 11.3 Å². The second kappa shape index (κ2) is 6.73. The highest BCUT2D eigenvalue weighted by Crippen LogP contribution is 2.34. The van der Waals surface area contributed by atoms with Crippen molar-refractivity contribution in [2.75, 3.05) is 12.3 Å². The first kappa shape index (κ1) is 18.4. The molecule has 0 amide bonds. The number of aliphatic hydroxyl groups is 2. The normalized spacial score (nSPS) is 16.1. The van der Waals surface area contributed by atoms with E-state index in [1.807, 2.05) is 0 Å². The lowest BCUT2D eigenvalue weighted by molar-refractivity contribution is -0.161. The summed E-state index contributed by atoms with van der Waals surface area (Å²) in [6.07, 6.45) is -0.975. The number of nitrogen functional groups attached to an aromatic ring is 1. The first-order valence-electron chi connectivity index (χ1n) is 5.73. The molecule has 0 aromatic carbocycles. The summed E-state index contributed by atoms with van der Waals surface area (Å²) >= 11 is 0. The van der Waals surface area contributed by atoms with E-state index >= 15 is 0 Å². The summed E-state index contributed by atoms with van der Waals surface area (Å²) in [5.74, 6) is -4.68. The van der Waals surface area contributed by atoms with Crippen LogP contribution in [0, 0.1) is 5.92 Å². The van der Waals surface area contributed by atoms with Crippen LogP contribution in [0.2, 0.25) is 0 Å². The van der Waals surface area contributed by atoms with Crippen molar-refractivity contribution in [3.63, 3.8) is 0 Å². The fraction of sp³-hybridized carbons (Fsp3) is 0.636. The van der Waals surface area contributed by atoms with Crippen LogP contribution in [0.1, 0.15) is 19.9 Å². The summed E-state index contributed by atoms with van der Waals surface area (Å²) < 4.78 is 28.8. The molecule has 9 heteroatoms. The molecule has 0 unspecified atom stereocenters. The molecule has 0 saturated heterocycles. The Hall–Kier alpha value is -1.58. The van der Waals surface area contributed by atoms with Gasteiger partial charge in [0.1, 0.15) is 18.0 Å². The van der Waals surface area contributed by atoms with Crippen LogP contribution in [-0.4, -0.2) is 43.9 Å². The Morgan fingerprint density at radius 1 is 1.50 bits per heavy atom. The standard InChI is InChI=1S/C11H17F2N3O3.H2O/c1-6(5-17)9(18)11(12,13)7(2)16-4-3-8(14)15-10(16)19;/h3-4,6-7,9,17-18H,5H2,1-2H3,(H2,14,15,19);1H2/t6-,7-,9+;/m1./s1. The minimum atomic E-state index is -3.59. The molecule has 0 saturated carbocycles. The van der Waals surface area contributed by atoms with Crippen LogP contribution in [-0.2, 0) is 0 Å². The van der Waals surface area contributed by atoms with Crippen molar-refractivity contribution in [3.8, 4) is 0 Å². The van der Waals surface area contributed by atoms with Crippen LogP contribution in [0.3, 0.4) is 0 Å². The topological polar surface area (TPSA) is 133 Å². The fourth-order valence-electron chi connectivity index (χ4n) is 1.63. The first-order valence-corrected chi connectivity index (χ1v) is 5.73. The second-order valence-electron chi connectivity index (χ2n) is 4.50. The lowest BCUT2D eigenvalue weighted by Gasteiger charge is -2.31. The number of aliphatic hydroxyl groups excluding tert-OH is 2. The van der Waals surface area contributed by atoms with Gasteiger partial charge in [-0.3, -0.25) is 4.57 Å². The van der Waals surface area contributed by atoms with Gasteiger partial charge in [-0.25, -0.2) is 13.6 Å². The van der Waals surface area contributed by atoms with Crippen LogP contribution in [0.4, 0.5) is 14.6 Å². The zero-order valence-corrected chi connectivity index (χ0v) is 11.1. The van der Waals surface area contributed by atoms with E-state index in [1.165, 1.54) is 13.0 Å². The first-order chi connectivity index (χ1) is 8.71. The van der Waals surface area contributed by atoms with E-state index in [0.29, 0.717) is 4.57 Å². The molecule has 0 aliphatic heterocycles. The van der Waals surface area contributed by atoms with Crippen LogP contribution in [0.15, 0.2) is 17.1 Å². The number of nitrogens with two attached hydrogens (primary N) is 1. The van der Waals surface area contributed by atoms with E-state index in [9.17, 15) is 18.7 Å². The third-order valence-corrected chi connectivity index (χ3v) is 3.05. The largest absolute Gasteiger partial charge is 0.412 e. The van der Waals surface area contributed by atoms with E-state index in [2.05, 4.69) is 4.98 Å². The number of hydrogen-bond donors (Lipinski definition) is 3. The average Bonchev–Trinajstić information content (AvgIpc) is 2.36. The Morgan fingerprint density at radius 2 is 2.05 bits per heavy atom. The van der Waals surface area contributed by atoms with Crippen LogP contribution < -0.4 is 11.4 Å². The van der Waals surface area contributed by atoms with Gasteiger partial charge in [0.05, 0.1) is 0 Å². The third kappa shape index (κ3) is 3.50. The summed E-state index contributed by atoms with van der Waals surface area (Å²) in [5.41, 5.74) is 4.35. The molecule has 6 N–H and O–H groups in total. The van der Waals surface area contributed by atoms with Crippen molar-refractivity contribution in [1.29, 1.82) is 0 Å². The molecular formula is C11H19F2N3O4. The van der Waals surface area contributed by atoms with E-state index in [4.69, 9.17) is 10.8 Å². The van der Waals surface area contributed by atoms with Crippen LogP contribution >= 0.6 is 0 Å². The second-order valence-corrected chi connectivity index (χ2v) is 4.50. The van der Waals surface area contributed by atoms with Gasteiger partial charge in [-0.05, 0) is 13.0 Å². The molecule has 0 radical (unpaired) electrons. The Balaban J connectivity index is 0.00000361. The van der Waals surface area contributed by atoms with Gasteiger partial charge in [-0.15, -0.1) is 0 Å². The predicted octanol–water partition coefficient (Wildman–Crippen LogP) is -0.814. The fourth-order valence-corrected chi connectivity index (χ4v) is 1.63. The summed E-state index contributed by atoms with van der Waals surface area (Å²) in [7, 11) is 0. The molecule has 1 heterocycles. The molecule has 0 fully saturated rings. The zero-order valence-electron chi connectivity index (χ0n) is 11.1. The molecule has 1 aromatic rings. The molecule has 0 spiro atoms. The number of hydrogen-bond acceptors (Lipinski definition) is 5. The van der Waals surface area contributed by atoms with Gasteiger partial charge in [0.15, 0.2) is 0 Å². The quantitative estimate of drug-likeness (QED) is 0.653. The van der Waals surface area contributed by atoms with E-state index in [1.54, 1.807) is 0 Å². The van der Waals surface area contributed by atoms with Gasteiger partial charge < -0.3 is 21.4 Å². The van der Waals surface area contributed by atoms with E-state index < -0.39 is 36.3 Å². The highest BCUT2D eigenvalue weighted by Gasteiger charge is 2.47. The number of nitrogens with zero attached hydrogens (tertiary/aromatic N) is 2. The predicted molar refractivity (Wildman–Crippen MR) is 68.4 cm³/mol. The Morgan fingerprint density at radius 3 is 2.50 bits per heavy atom. The van der Waals surface area contributed by atoms with E-state index in [0.717, 1.165) is 13.1 Å². The van der Waals surface area contributed by atoms with Crippen molar-refractivity contribution in [1.82, 2.24) is 9.55 Å². The van der Waals surface area contributed by atoms with Crippen molar-refractivity contribution in [2.45, 2.75) is 31.9 Å². The summed E-state index contributed by atoms with van der Waals surface area (Å²) in [6.45, 7) is 1.79. The molecule has 7 nitrogen and oxygen atoms in total. The van der Waals surface area contributed by atoms with Gasteiger partial charge in [-0.1, -0.05) is 6.92 Å². The Kier molecular flexibility index (Phi) is 6.20. The molecular weight excluding hydrogens is 276 g/mol. The third-order valence-electron chi connectivity index (χ3n) is 3.05. The minimum Gasteiger partial charge on any atom is -0.412 e. The number of aromatic nitrogens is 2. The average molecular weight is 295 g/mol. The van der Waals surface area contributed by atoms with Gasteiger partial charge in [0, 0.05) is 18.7 Å². The number of rotatable bonds is 5. The maximum Gasteiger partial charge on any atom is 0.349 e. The zero-order chi connectivity index (χ0) is 14.8. The maximum absolute atomic E-state index is 14.0. The van der Waals surface area contributed by atoms with Gasteiger partial charge in [-0.2, -0.15) is 4.98 Å². The van der Waals surface area contributed by atoms with Crippen molar-refractivity contribution >= 4 is 5.82 Å². The molecule has 1 aromatic heterocycles. The SMILES string of the molecule is C[C@H](CO)[C@H](O)C(F)(F)[C@@H](C)n1ccc(N)nc1=O.O. The Bertz CT molecular complexity index is 495. The smallest absolute Gasteiger partial charge is 0.349 e. The van der Waals surface area contributed by atoms with Crippen LogP contribution in [0.5, 0.6) is 0 Å². The highest BCUT2D eigenvalue weighted by molar-refractivity contribution is 5.23. The molecule has 3 atom stereocenters. The molecule has 0 aliphatic rings. The highest BCUT2D eigenvalue weighted by atomic mass is 19.3.